The molecular weight excluding hydrogens is 420 g/mol. The highest BCUT2D eigenvalue weighted by atomic mass is 32.2. The van der Waals surface area contributed by atoms with E-state index in [9.17, 15) is 13.2 Å². The Hall–Kier alpha value is -2.94. The molecule has 1 amide bonds. The van der Waals surface area contributed by atoms with Crippen molar-refractivity contribution in [1.29, 1.82) is 0 Å². The van der Waals surface area contributed by atoms with Crippen LogP contribution < -0.4 is 23.8 Å². The summed E-state index contributed by atoms with van der Waals surface area (Å²) in [6.45, 7) is 3.54. The zero-order valence-electron chi connectivity index (χ0n) is 18.3. The molecule has 0 saturated carbocycles. The third-order valence-electron chi connectivity index (χ3n) is 5.06. The normalized spacial score (nSPS) is 17.1. The SMILES string of the molecule is COc1ccc(N(CC(=O)NC2CC(C)(C)Oc3cc(OC)ccc32)S(C)(=O)=O)cc1. The summed E-state index contributed by atoms with van der Waals surface area (Å²) in [6.07, 6.45) is 1.61. The molecule has 2 aromatic rings. The minimum absolute atomic E-state index is 0.325. The predicted octanol–water partition coefficient (Wildman–Crippen LogP) is 2.89. The maximum atomic E-state index is 12.9. The Balaban J connectivity index is 1.82. The lowest BCUT2D eigenvalue weighted by Crippen LogP contribution is -2.45. The molecule has 0 bridgehead atoms. The second-order valence-electron chi connectivity index (χ2n) is 8.06. The van der Waals surface area contributed by atoms with Crippen LogP contribution in [0.5, 0.6) is 17.2 Å². The van der Waals surface area contributed by atoms with Crippen molar-refractivity contribution in [3.8, 4) is 17.2 Å². The molecule has 1 N–H and O–H groups in total. The van der Waals surface area contributed by atoms with Gasteiger partial charge in [-0.25, -0.2) is 8.42 Å². The largest absolute Gasteiger partial charge is 0.497 e. The van der Waals surface area contributed by atoms with Crippen LogP contribution in [0.4, 0.5) is 5.69 Å². The van der Waals surface area contributed by atoms with E-state index >= 15 is 0 Å². The third-order valence-corrected chi connectivity index (χ3v) is 6.20. The van der Waals surface area contributed by atoms with Crippen LogP contribution in [0.2, 0.25) is 0 Å². The van der Waals surface area contributed by atoms with Gasteiger partial charge in [0.1, 0.15) is 29.4 Å². The first-order chi connectivity index (χ1) is 14.5. The predicted molar refractivity (Wildman–Crippen MR) is 118 cm³/mol. The highest BCUT2D eigenvalue weighted by Crippen LogP contribution is 2.41. The van der Waals surface area contributed by atoms with Crippen LogP contribution in [-0.4, -0.2) is 46.9 Å². The fourth-order valence-electron chi connectivity index (χ4n) is 3.61. The number of amides is 1. The minimum atomic E-state index is -3.68. The first-order valence-corrected chi connectivity index (χ1v) is 11.7. The summed E-state index contributed by atoms with van der Waals surface area (Å²) in [5.74, 6) is 1.48. The molecule has 31 heavy (non-hydrogen) atoms. The number of anilines is 1. The maximum Gasteiger partial charge on any atom is 0.241 e. The average Bonchev–Trinajstić information content (AvgIpc) is 2.70. The van der Waals surface area contributed by atoms with Crippen LogP contribution in [-0.2, 0) is 14.8 Å². The third kappa shape index (κ3) is 5.41. The van der Waals surface area contributed by atoms with Gasteiger partial charge in [0.15, 0.2) is 0 Å². The van der Waals surface area contributed by atoms with E-state index in [1.165, 1.54) is 7.11 Å². The van der Waals surface area contributed by atoms with Crippen molar-refractivity contribution in [3.63, 3.8) is 0 Å². The van der Waals surface area contributed by atoms with Crippen LogP contribution >= 0.6 is 0 Å². The van der Waals surface area contributed by atoms with E-state index in [0.717, 1.165) is 16.1 Å². The molecule has 0 aliphatic carbocycles. The molecule has 0 aromatic heterocycles. The lowest BCUT2D eigenvalue weighted by Gasteiger charge is -2.38. The van der Waals surface area contributed by atoms with Crippen molar-refractivity contribution >= 4 is 21.6 Å². The van der Waals surface area contributed by atoms with Crippen molar-refractivity contribution in [2.45, 2.75) is 31.9 Å². The fraction of sp³-hybridized carbons (Fsp3) is 0.409. The molecule has 3 rings (SSSR count). The van der Waals surface area contributed by atoms with Gasteiger partial charge in [-0.15, -0.1) is 0 Å². The van der Waals surface area contributed by atoms with Gasteiger partial charge < -0.3 is 19.5 Å². The smallest absolute Gasteiger partial charge is 0.241 e. The van der Waals surface area contributed by atoms with E-state index in [2.05, 4.69) is 5.32 Å². The van der Waals surface area contributed by atoms with Crippen molar-refractivity contribution < 1.29 is 27.4 Å². The van der Waals surface area contributed by atoms with E-state index in [-0.39, 0.29) is 12.6 Å². The number of hydrogen-bond acceptors (Lipinski definition) is 6. The Bertz CT molecular complexity index is 1050. The number of nitrogens with one attached hydrogen (secondary N) is 1. The summed E-state index contributed by atoms with van der Waals surface area (Å²) in [5.41, 5.74) is 0.698. The Morgan fingerprint density at radius 3 is 2.32 bits per heavy atom. The molecule has 1 atom stereocenters. The molecular formula is C22H28N2O6S. The van der Waals surface area contributed by atoms with Gasteiger partial charge in [-0.2, -0.15) is 0 Å². The summed E-state index contributed by atoms with van der Waals surface area (Å²) in [4.78, 5) is 12.9. The van der Waals surface area contributed by atoms with E-state index in [1.807, 2.05) is 19.9 Å². The van der Waals surface area contributed by atoms with Crippen molar-refractivity contribution in [3.05, 3.63) is 48.0 Å². The van der Waals surface area contributed by atoms with Crippen molar-refractivity contribution in [2.75, 3.05) is 31.3 Å². The van der Waals surface area contributed by atoms with Gasteiger partial charge in [0.25, 0.3) is 0 Å². The Morgan fingerprint density at radius 2 is 1.74 bits per heavy atom. The lowest BCUT2D eigenvalue weighted by molar-refractivity contribution is -0.120. The van der Waals surface area contributed by atoms with Crippen LogP contribution in [0.1, 0.15) is 31.9 Å². The average molecular weight is 449 g/mol. The van der Waals surface area contributed by atoms with Gasteiger partial charge in [-0.3, -0.25) is 9.10 Å². The number of carbonyl (C=O) groups excluding carboxylic acids is 1. The molecule has 1 unspecified atom stereocenters. The lowest BCUT2D eigenvalue weighted by atomic mass is 9.89. The second kappa shape index (κ2) is 8.66. The summed E-state index contributed by atoms with van der Waals surface area (Å²) >= 11 is 0. The van der Waals surface area contributed by atoms with Gasteiger partial charge in [-0.1, -0.05) is 0 Å². The summed E-state index contributed by atoms with van der Waals surface area (Å²) in [7, 11) is -0.571. The molecule has 1 aliphatic rings. The van der Waals surface area contributed by atoms with Gasteiger partial charge in [0.2, 0.25) is 15.9 Å². The first-order valence-electron chi connectivity index (χ1n) is 9.80. The molecule has 1 heterocycles. The van der Waals surface area contributed by atoms with E-state index in [0.29, 0.717) is 29.4 Å². The molecule has 9 heteroatoms. The number of rotatable bonds is 7. The first kappa shape index (κ1) is 22.7. The molecule has 1 aliphatic heterocycles. The Kier molecular flexibility index (Phi) is 6.35. The van der Waals surface area contributed by atoms with E-state index < -0.39 is 21.5 Å². The molecule has 0 spiro atoms. The molecule has 2 aromatic carbocycles. The number of ether oxygens (including phenoxy) is 3. The quantitative estimate of drug-likeness (QED) is 0.700. The number of benzene rings is 2. The fourth-order valence-corrected chi connectivity index (χ4v) is 4.46. The van der Waals surface area contributed by atoms with Crippen molar-refractivity contribution in [2.24, 2.45) is 0 Å². The number of sulfonamides is 1. The number of carbonyl (C=O) groups is 1. The van der Waals surface area contributed by atoms with Crippen molar-refractivity contribution in [1.82, 2.24) is 5.32 Å². The summed E-state index contributed by atoms with van der Waals surface area (Å²) in [5, 5.41) is 2.97. The van der Waals surface area contributed by atoms with Gasteiger partial charge >= 0.3 is 0 Å². The molecule has 168 valence electrons. The van der Waals surface area contributed by atoms with E-state index in [1.54, 1.807) is 43.5 Å². The number of nitrogens with zero attached hydrogens (tertiary/aromatic N) is 1. The summed E-state index contributed by atoms with van der Waals surface area (Å²) < 4.78 is 42.2. The zero-order chi connectivity index (χ0) is 22.8. The Morgan fingerprint density at radius 1 is 1.13 bits per heavy atom. The molecule has 0 saturated heterocycles. The van der Waals surface area contributed by atoms with Crippen LogP contribution in [0.15, 0.2) is 42.5 Å². The topological polar surface area (TPSA) is 94.2 Å². The van der Waals surface area contributed by atoms with Gasteiger partial charge in [-0.05, 0) is 50.2 Å². The standard InChI is InChI=1S/C22H28N2O6S/c1-22(2)13-19(18-11-10-17(29-4)12-20(18)30-22)23-21(25)14-24(31(5,26)27)15-6-8-16(28-3)9-7-15/h6-12,19H,13-14H2,1-5H3,(H,23,25). The highest BCUT2D eigenvalue weighted by Gasteiger charge is 2.35. The molecule has 0 fully saturated rings. The molecule has 0 radical (unpaired) electrons. The Labute approximate surface area is 183 Å². The minimum Gasteiger partial charge on any atom is -0.497 e. The number of methoxy groups -OCH3 is 2. The summed E-state index contributed by atoms with van der Waals surface area (Å²) in [6, 6.07) is 11.6. The highest BCUT2D eigenvalue weighted by molar-refractivity contribution is 7.92. The number of hydrogen-bond donors (Lipinski definition) is 1. The van der Waals surface area contributed by atoms with Gasteiger partial charge in [0.05, 0.1) is 32.2 Å². The van der Waals surface area contributed by atoms with Crippen LogP contribution in [0.25, 0.3) is 0 Å². The second-order valence-corrected chi connectivity index (χ2v) is 9.96. The maximum absolute atomic E-state index is 12.9. The van der Waals surface area contributed by atoms with Gasteiger partial charge in [0, 0.05) is 18.1 Å². The monoisotopic (exact) mass is 448 g/mol. The molecule has 8 nitrogen and oxygen atoms in total. The number of fused-ring (bicyclic) bond motifs is 1. The van der Waals surface area contributed by atoms with Crippen LogP contribution in [0.3, 0.4) is 0 Å². The zero-order valence-corrected chi connectivity index (χ0v) is 19.2. The van der Waals surface area contributed by atoms with E-state index in [4.69, 9.17) is 14.2 Å². The van der Waals surface area contributed by atoms with Crippen LogP contribution in [0, 0.1) is 0 Å².